The highest BCUT2D eigenvalue weighted by atomic mass is 35.5. The van der Waals surface area contributed by atoms with Gasteiger partial charge in [0.1, 0.15) is 10.8 Å². The molecule has 0 radical (unpaired) electrons. The number of nitro benzene ring substituents is 1. The van der Waals surface area contributed by atoms with Crippen LogP contribution in [-0.2, 0) is 15.3 Å². The molecule has 0 aliphatic rings. The molecule has 0 saturated carbocycles. The third-order valence-electron chi connectivity index (χ3n) is 4.42. The van der Waals surface area contributed by atoms with Gasteiger partial charge in [-0.15, -0.1) is 11.8 Å². The number of nitrogens with zero attached hydrogens (tertiary/aromatic N) is 2. The molecule has 1 N–H and O–H groups in total. The number of nitrogens with one attached hydrogen (secondary N) is 1. The van der Waals surface area contributed by atoms with Crippen LogP contribution in [0.5, 0.6) is 0 Å². The summed E-state index contributed by atoms with van der Waals surface area (Å²) >= 11 is 7.18. The number of esters is 1. The van der Waals surface area contributed by atoms with Crippen molar-refractivity contribution < 1.29 is 23.8 Å². The van der Waals surface area contributed by atoms with E-state index in [-0.39, 0.29) is 16.4 Å². The molecule has 166 valence electrons. The molecule has 2 aromatic carbocycles. The van der Waals surface area contributed by atoms with Crippen molar-refractivity contribution in [2.75, 3.05) is 11.9 Å². The summed E-state index contributed by atoms with van der Waals surface area (Å²) in [5, 5.41) is 17.3. The zero-order valence-corrected chi connectivity index (χ0v) is 18.7. The maximum absolute atomic E-state index is 12.6. The van der Waals surface area contributed by atoms with Crippen molar-refractivity contribution in [3.63, 3.8) is 0 Å². The molecule has 0 bridgehead atoms. The van der Waals surface area contributed by atoms with Crippen LogP contribution in [0.15, 0.2) is 51.9 Å². The summed E-state index contributed by atoms with van der Waals surface area (Å²) < 4.78 is 10.3. The number of aryl methyl sites for hydroxylation is 2. The Morgan fingerprint density at radius 1 is 1.25 bits per heavy atom. The molecule has 1 heterocycles. The number of nitro groups is 1. The minimum absolute atomic E-state index is 0.0508. The van der Waals surface area contributed by atoms with Gasteiger partial charge >= 0.3 is 5.97 Å². The zero-order chi connectivity index (χ0) is 23.3. The number of carbonyl (C=O) groups is 2. The Morgan fingerprint density at radius 2 is 2.00 bits per heavy atom. The van der Waals surface area contributed by atoms with Gasteiger partial charge in [-0.25, -0.2) is 4.79 Å². The first-order valence-corrected chi connectivity index (χ1v) is 10.7. The summed E-state index contributed by atoms with van der Waals surface area (Å²) in [5.74, 6) is -0.0320. The van der Waals surface area contributed by atoms with E-state index in [1.54, 1.807) is 24.3 Å². The molecule has 0 aliphatic heterocycles. The first kappa shape index (κ1) is 23.3. The number of ether oxygens (including phenoxy) is 1. The standard InChI is InChI=1S/C21H18ClN3O6S/c1-12-16(13(2)31-24-12)11-32-19-6-4-3-5-15(19)21(27)30-10-20(26)23-14-7-8-17(22)18(9-14)25(28)29/h3-9H,10-11H2,1-2H3,(H,23,26). The number of rotatable bonds is 8. The van der Waals surface area contributed by atoms with Gasteiger partial charge in [-0.1, -0.05) is 28.9 Å². The predicted molar refractivity (Wildman–Crippen MR) is 119 cm³/mol. The number of halogens is 1. The lowest BCUT2D eigenvalue weighted by Gasteiger charge is -2.10. The molecule has 3 rings (SSSR count). The second-order valence-electron chi connectivity index (χ2n) is 6.64. The lowest BCUT2D eigenvalue weighted by atomic mass is 10.2. The van der Waals surface area contributed by atoms with E-state index in [1.807, 2.05) is 13.8 Å². The van der Waals surface area contributed by atoms with Gasteiger partial charge in [-0.3, -0.25) is 14.9 Å². The molecular formula is C21H18ClN3O6S. The molecule has 0 fully saturated rings. The molecule has 1 aromatic heterocycles. The Balaban J connectivity index is 1.61. The Morgan fingerprint density at radius 3 is 2.69 bits per heavy atom. The van der Waals surface area contributed by atoms with E-state index in [4.69, 9.17) is 20.9 Å². The van der Waals surface area contributed by atoms with E-state index in [2.05, 4.69) is 10.5 Å². The summed E-state index contributed by atoms with van der Waals surface area (Å²) in [6, 6.07) is 10.7. The maximum atomic E-state index is 12.6. The summed E-state index contributed by atoms with van der Waals surface area (Å²) in [5.41, 5.74) is 1.88. The van der Waals surface area contributed by atoms with Crippen LogP contribution in [0.1, 0.15) is 27.4 Å². The average Bonchev–Trinajstić information content (AvgIpc) is 3.09. The molecule has 32 heavy (non-hydrogen) atoms. The third-order valence-corrected chi connectivity index (χ3v) is 5.84. The summed E-state index contributed by atoms with van der Waals surface area (Å²) in [6.07, 6.45) is 0. The smallest absolute Gasteiger partial charge is 0.339 e. The summed E-state index contributed by atoms with van der Waals surface area (Å²) in [4.78, 5) is 35.7. The minimum Gasteiger partial charge on any atom is -0.452 e. The highest BCUT2D eigenvalue weighted by Gasteiger charge is 2.18. The van der Waals surface area contributed by atoms with Crippen LogP contribution in [0.25, 0.3) is 0 Å². The Kier molecular flexibility index (Phi) is 7.49. The largest absolute Gasteiger partial charge is 0.452 e. The number of aromatic nitrogens is 1. The number of hydrogen-bond donors (Lipinski definition) is 1. The van der Waals surface area contributed by atoms with E-state index in [9.17, 15) is 19.7 Å². The number of thioether (sulfide) groups is 1. The first-order valence-electron chi connectivity index (χ1n) is 9.30. The summed E-state index contributed by atoms with van der Waals surface area (Å²) in [7, 11) is 0. The normalized spacial score (nSPS) is 10.6. The molecule has 0 spiro atoms. The molecular weight excluding hydrogens is 458 g/mol. The number of carbonyl (C=O) groups excluding carboxylic acids is 2. The highest BCUT2D eigenvalue weighted by Crippen LogP contribution is 2.29. The first-order chi connectivity index (χ1) is 15.3. The zero-order valence-electron chi connectivity index (χ0n) is 17.1. The van der Waals surface area contributed by atoms with Crippen molar-refractivity contribution in [2.45, 2.75) is 24.5 Å². The van der Waals surface area contributed by atoms with Crippen molar-refractivity contribution >= 4 is 46.6 Å². The molecule has 1 amide bonds. The quantitative estimate of drug-likeness (QED) is 0.210. The van der Waals surface area contributed by atoms with Gasteiger partial charge < -0.3 is 14.6 Å². The van der Waals surface area contributed by atoms with E-state index in [1.165, 1.54) is 23.9 Å². The van der Waals surface area contributed by atoms with Gasteiger partial charge in [-0.05, 0) is 38.1 Å². The van der Waals surface area contributed by atoms with E-state index in [0.29, 0.717) is 22.0 Å². The molecule has 0 atom stereocenters. The minimum atomic E-state index is -0.663. The predicted octanol–water partition coefficient (Wildman–Crippen LogP) is 4.94. The molecule has 9 nitrogen and oxygen atoms in total. The van der Waals surface area contributed by atoms with Gasteiger partial charge in [0.15, 0.2) is 6.61 Å². The van der Waals surface area contributed by atoms with E-state index in [0.717, 1.165) is 17.3 Å². The van der Waals surface area contributed by atoms with Crippen LogP contribution >= 0.6 is 23.4 Å². The van der Waals surface area contributed by atoms with Gasteiger partial charge in [0.25, 0.3) is 11.6 Å². The van der Waals surface area contributed by atoms with Gasteiger partial charge in [0.2, 0.25) is 0 Å². The molecule has 0 aliphatic carbocycles. The van der Waals surface area contributed by atoms with Crippen molar-refractivity contribution in [1.82, 2.24) is 5.16 Å². The number of hydrogen-bond acceptors (Lipinski definition) is 8. The van der Waals surface area contributed by atoms with Crippen molar-refractivity contribution in [3.05, 3.63) is 80.2 Å². The molecule has 3 aromatic rings. The Labute approximate surface area is 192 Å². The monoisotopic (exact) mass is 475 g/mol. The van der Waals surface area contributed by atoms with Gasteiger partial charge in [0.05, 0.1) is 16.2 Å². The maximum Gasteiger partial charge on any atom is 0.339 e. The second-order valence-corrected chi connectivity index (χ2v) is 8.06. The van der Waals surface area contributed by atoms with Crippen molar-refractivity contribution in [3.8, 4) is 0 Å². The molecule has 0 unspecified atom stereocenters. The lowest BCUT2D eigenvalue weighted by molar-refractivity contribution is -0.384. The Hall–Kier alpha value is -3.37. The van der Waals surface area contributed by atoms with E-state index < -0.39 is 23.4 Å². The fraction of sp³-hybridized carbons (Fsp3) is 0.190. The van der Waals surface area contributed by atoms with Crippen LogP contribution in [0.3, 0.4) is 0 Å². The fourth-order valence-corrected chi connectivity index (χ4v) is 4.14. The van der Waals surface area contributed by atoms with Crippen LogP contribution in [0.4, 0.5) is 11.4 Å². The van der Waals surface area contributed by atoms with Crippen LogP contribution in [-0.4, -0.2) is 28.6 Å². The molecule has 11 heteroatoms. The SMILES string of the molecule is Cc1noc(C)c1CSc1ccccc1C(=O)OCC(=O)Nc1ccc(Cl)c([N+](=O)[O-])c1. The van der Waals surface area contributed by atoms with Crippen LogP contribution in [0.2, 0.25) is 5.02 Å². The third kappa shape index (κ3) is 5.65. The number of anilines is 1. The summed E-state index contributed by atoms with van der Waals surface area (Å²) in [6.45, 7) is 3.11. The average molecular weight is 476 g/mol. The van der Waals surface area contributed by atoms with Crippen LogP contribution < -0.4 is 5.32 Å². The number of amides is 1. The highest BCUT2D eigenvalue weighted by molar-refractivity contribution is 7.98. The van der Waals surface area contributed by atoms with E-state index >= 15 is 0 Å². The second kappa shape index (κ2) is 10.3. The van der Waals surface area contributed by atoms with Gasteiger partial charge in [0, 0.05) is 28.0 Å². The lowest BCUT2D eigenvalue weighted by Crippen LogP contribution is -2.21. The van der Waals surface area contributed by atoms with Crippen molar-refractivity contribution in [2.24, 2.45) is 0 Å². The molecule has 0 saturated heterocycles. The van der Waals surface area contributed by atoms with Crippen LogP contribution in [0, 0.1) is 24.0 Å². The fourth-order valence-electron chi connectivity index (χ4n) is 2.76. The topological polar surface area (TPSA) is 125 Å². The number of benzene rings is 2. The van der Waals surface area contributed by atoms with Gasteiger partial charge in [-0.2, -0.15) is 0 Å². The van der Waals surface area contributed by atoms with Crippen molar-refractivity contribution in [1.29, 1.82) is 0 Å². The Bertz CT molecular complexity index is 1160.